The van der Waals surface area contributed by atoms with E-state index in [4.69, 9.17) is 14.6 Å². The minimum Gasteiger partial charge on any atom is -0.459 e. The van der Waals surface area contributed by atoms with E-state index >= 15 is 0 Å². The van der Waals surface area contributed by atoms with Gasteiger partial charge in [-0.15, -0.1) is 0 Å². The molecule has 2 aromatic rings. The number of benzene rings is 1. The number of hydrogen-bond acceptors (Lipinski definition) is 6. The van der Waals surface area contributed by atoms with Gasteiger partial charge in [-0.1, -0.05) is 12.1 Å². The summed E-state index contributed by atoms with van der Waals surface area (Å²) in [6.07, 6.45) is 1.90. The number of ether oxygens (including phenoxy) is 2. The average Bonchev–Trinajstić information content (AvgIpc) is 3.05. The summed E-state index contributed by atoms with van der Waals surface area (Å²) in [4.78, 5) is 37.0. The Balaban J connectivity index is 1.87. The molecule has 0 bridgehead atoms. The van der Waals surface area contributed by atoms with Crippen LogP contribution in [0.5, 0.6) is 0 Å². The number of esters is 2. The van der Waals surface area contributed by atoms with Gasteiger partial charge in [0.05, 0.1) is 12.2 Å². The van der Waals surface area contributed by atoms with Gasteiger partial charge < -0.3 is 19.1 Å². The van der Waals surface area contributed by atoms with Gasteiger partial charge in [-0.2, -0.15) is 0 Å². The zero-order valence-corrected chi connectivity index (χ0v) is 17.6. The summed E-state index contributed by atoms with van der Waals surface area (Å²) in [5, 5.41) is 8.94. The van der Waals surface area contributed by atoms with Crippen LogP contribution >= 0.6 is 0 Å². The van der Waals surface area contributed by atoms with Gasteiger partial charge >= 0.3 is 11.9 Å². The summed E-state index contributed by atoms with van der Waals surface area (Å²) in [5.74, 6) is -0.950. The van der Waals surface area contributed by atoms with Crippen LogP contribution in [0.4, 0.5) is 0 Å². The molecule has 0 fully saturated rings. The van der Waals surface area contributed by atoms with Gasteiger partial charge in [0, 0.05) is 24.2 Å². The molecule has 30 heavy (non-hydrogen) atoms. The first-order valence-corrected chi connectivity index (χ1v) is 10.1. The van der Waals surface area contributed by atoms with E-state index in [2.05, 4.69) is 0 Å². The number of nitrogens with zero attached hydrogens (tertiary/aromatic N) is 1. The lowest BCUT2D eigenvalue weighted by Gasteiger charge is -2.19. The number of aromatic nitrogens is 1. The van der Waals surface area contributed by atoms with Crippen molar-refractivity contribution < 1.29 is 29.0 Å². The van der Waals surface area contributed by atoms with Crippen molar-refractivity contribution in [2.75, 3.05) is 13.2 Å². The highest BCUT2D eigenvalue weighted by Crippen LogP contribution is 2.27. The fraction of sp³-hybridized carbons (Fsp3) is 0.435. The number of hydrogen-bond donors (Lipinski definition) is 1. The second-order valence-corrected chi connectivity index (χ2v) is 8.31. The number of aliphatic hydroxyl groups is 1. The SMILES string of the molecule is CC(C)(C)OC(=O)c1ccc(Cn2c(C(=O)OCCO)cc3c2CCCC3=O)cc1. The molecule has 1 heterocycles. The Morgan fingerprint density at radius 1 is 1.10 bits per heavy atom. The first-order chi connectivity index (χ1) is 14.2. The fourth-order valence-electron chi connectivity index (χ4n) is 3.48. The second-order valence-electron chi connectivity index (χ2n) is 8.31. The van der Waals surface area contributed by atoms with Crippen LogP contribution < -0.4 is 0 Å². The summed E-state index contributed by atoms with van der Waals surface area (Å²) in [5.41, 5.74) is 2.41. The lowest BCUT2D eigenvalue weighted by Crippen LogP contribution is -2.23. The molecule has 0 atom stereocenters. The van der Waals surface area contributed by atoms with Gasteiger partial charge in [0.1, 0.15) is 17.9 Å². The zero-order chi connectivity index (χ0) is 21.9. The smallest absolute Gasteiger partial charge is 0.355 e. The molecule has 0 saturated carbocycles. The summed E-state index contributed by atoms with van der Waals surface area (Å²) in [7, 11) is 0. The van der Waals surface area contributed by atoms with Crippen molar-refractivity contribution in [3.63, 3.8) is 0 Å². The number of Topliss-reactive ketones (excluding diaryl/α,β-unsaturated/α-hetero) is 1. The summed E-state index contributed by atoms with van der Waals surface area (Å²) < 4.78 is 12.3. The van der Waals surface area contributed by atoms with Crippen LogP contribution in [0.3, 0.4) is 0 Å². The standard InChI is InChI=1S/C23H27NO6/c1-23(2,3)30-21(27)16-9-7-15(8-10-16)14-24-18-5-4-6-20(26)17(18)13-19(24)22(28)29-12-11-25/h7-10,13,25H,4-6,11-12,14H2,1-3H3. The van der Waals surface area contributed by atoms with Crippen LogP contribution in [0, 0.1) is 0 Å². The third-order valence-electron chi connectivity index (χ3n) is 4.79. The van der Waals surface area contributed by atoms with Crippen molar-refractivity contribution in [2.45, 2.75) is 52.2 Å². The van der Waals surface area contributed by atoms with Crippen molar-refractivity contribution in [1.82, 2.24) is 4.57 Å². The number of rotatable bonds is 6. The van der Waals surface area contributed by atoms with E-state index in [0.717, 1.165) is 17.7 Å². The molecular formula is C23H27NO6. The molecule has 3 rings (SSSR count). The van der Waals surface area contributed by atoms with E-state index in [1.807, 2.05) is 20.8 Å². The Hall–Kier alpha value is -2.93. The lowest BCUT2D eigenvalue weighted by molar-refractivity contribution is 0.00692. The van der Waals surface area contributed by atoms with Crippen molar-refractivity contribution in [1.29, 1.82) is 0 Å². The van der Waals surface area contributed by atoms with Crippen molar-refractivity contribution in [3.8, 4) is 0 Å². The van der Waals surface area contributed by atoms with Crippen LogP contribution in [0.2, 0.25) is 0 Å². The molecule has 7 heteroatoms. The Morgan fingerprint density at radius 2 is 1.80 bits per heavy atom. The maximum atomic E-state index is 12.5. The van der Waals surface area contributed by atoms with Crippen LogP contribution in [0.1, 0.15) is 76.1 Å². The average molecular weight is 413 g/mol. The number of carbonyl (C=O) groups excluding carboxylic acids is 3. The lowest BCUT2D eigenvalue weighted by atomic mass is 9.96. The third kappa shape index (κ3) is 4.97. The zero-order valence-electron chi connectivity index (χ0n) is 17.6. The highest BCUT2D eigenvalue weighted by molar-refractivity contribution is 6.01. The first-order valence-electron chi connectivity index (χ1n) is 10.1. The minimum atomic E-state index is -0.573. The van der Waals surface area contributed by atoms with Gasteiger partial charge in [0.25, 0.3) is 0 Å². The van der Waals surface area contributed by atoms with Gasteiger partial charge in [-0.05, 0) is 57.4 Å². The predicted octanol–water partition coefficient (Wildman–Crippen LogP) is 3.16. The normalized spacial score (nSPS) is 13.7. The molecular weight excluding hydrogens is 386 g/mol. The quantitative estimate of drug-likeness (QED) is 0.731. The Labute approximate surface area is 175 Å². The van der Waals surface area contributed by atoms with E-state index in [9.17, 15) is 14.4 Å². The van der Waals surface area contributed by atoms with Gasteiger partial charge in [-0.25, -0.2) is 9.59 Å². The van der Waals surface area contributed by atoms with Crippen molar-refractivity contribution in [2.24, 2.45) is 0 Å². The van der Waals surface area contributed by atoms with E-state index in [0.29, 0.717) is 36.2 Å². The van der Waals surface area contributed by atoms with E-state index in [1.54, 1.807) is 34.9 Å². The number of carbonyl (C=O) groups is 3. The molecule has 1 aromatic carbocycles. The molecule has 1 aliphatic rings. The van der Waals surface area contributed by atoms with Gasteiger partial charge in [0.2, 0.25) is 0 Å². The third-order valence-corrected chi connectivity index (χ3v) is 4.79. The maximum Gasteiger partial charge on any atom is 0.355 e. The molecule has 0 radical (unpaired) electrons. The molecule has 7 nitrogen and oxygen atoms in total. The minimum absolute atomic E-state index is 0.0199. The van der Waals surface area contributed by atoms with Crippen LogP contribution in [0.15, 0.2) is 30.3 Å². The molecule has 0 aliphatic heterocycles. The maximum absolute atomic E-state index is 12.5. The number of ketones is 1. The Morgan fingerprint density at radius 3 is 2.43 bits per heavy atom. The Kier molecular flexibility index (Phi) is 6.41. The summed E-state index contributed by atoms with van der Waals surface area (Å²) >= 11 is 0. The molecule has 0 amide bonds. The molecule has 1 N–H and O–H groups in total. The topological polar surface area (TPSA) is 94.8 Å². The first kappa shape index (κ1) is 21.8. The Bertz CT molecular complexity index is 949. The van der Waals surface area contributed by atoms with Crippen molar-refractivity contribution in [3.05, 3.63) is 58.4 Å². The van der Waals surface area contributed by atoms with Crippen LogP contribution in [-0.4, -0.2) is 46.2 Å². The highest BCUT2D eigenvalue weighted by atomic mass is 16.6. The van der Waals surface area contributed by atoms with Crippen molar-refractivity contribution >= 4 is 17.7 Å². The van der Waals surface area contributed by atoms with Crippen LogP contribution in [-0.2, 0) is 22.4 Å². The number of aliphatic hydroxyl groups excluding tert-OH is 1. The van der Waals surface area contributed by atoms with E-state index in [1.165, 1.54) is 0 Å². The summed E-state index contributed by atoms with van der Waals surface area (Å²) in [6.45, 7) is 5.43. The molecule has 1 aromatic heterocycles. The molecule has 1 aliphatic carbocycles. The molecule has 160 valence electrons. The molecule has 0 unspecified atom stereocenters. The molecule has 0 spiro atoms. The second kappa shape index (κ2) is 8.83. The predicted molar refractivity (Wildman–Crippen MR) is 110 cm³/mol. The summed E-state index contributed by atoms with van der Waals surface area (Å²) in [6, 6.07) is 8.58. The van der Waals surface area contributed by atoms with Crippen LogP contribution in [0.25, 0.3) is 0 Å². The highest BCUT2D eigenvalue weighted by Gasteiger charge is 2.27. The van der Waals surface area contributed by atoms with Gasteiger partial charge in [0.15, 0.2) is 5.78 Å². The number of fused-ring (bicyclic) bond motifs is 1. The van der Waals surface area contributed by atoms with Gasteiger partial charge in [-0.3, -0.25) is 4.79 Å². The largest absolute Gasteiger partial charge is 0.459 e. The molecule has 0 saturated heterocycles. The van der Waals surface area contributed by atoms with E-state index < -0.39 is 17.5 Å². The monoisotopic (exact) mass is 413 g/mol. The fourth-order valence-corrected chi connectivity index (χ4v) is 3.48. The van der Waals surface area contributed by atoms with E-state index in [-0.39, 0.29) is 19.0 Å².